The van der Waals surface area contributed by atoms with E-state index in [1.165, 1.54) is 0 Å². The van der Waals surface area contributed by atoms with Gasteiger partial charge in [0.15, 0.2) is 0 Å². The third-order valence-corrected chi connectivity index (χ3v) is 7.18. The summed E-state index contributed by atoms with van der Waals surface area (Å²) in [7, 11) is 0. The first kappa shape index (κ1) is 32.5. The molecular weight excluding hydrogens is 534 g/mol. The van der Waals surface area contributed by atoms with E-state index in [4.69, 9.17) is 16.3 Å². The monoisotopic (exact) mass is 575 g/mol. The lowest BCUT2D eigenvalue weighted by Crippen LogP contribution is -2.54. The van der Waals surface area contributed by atoms with Crippen molar-refractivity contribution >= 4 is 47.0 Å². The van der Waals surface area contributed by atoms with Crippen molar-refractivity contribution < 1.29 is 19.1 Å². The van der Waals surface area contributed by atoms with E-state index in [-0.39, 0.29) is 17.9 Å². The van der Waals surface area contributed by atoms with Crippen LogP contribution >= 0.6 is 23.4 Å². The minimum absolute atomic E-state index is 0.358. The van der Waals surface area contributed by atoms with Gasteiger partial charge in [0.1, 0.15) is 17.7 Å². The SMILES string of the molecule is CSCCC(NC(=O)OC(C)(C)C)C(=O)N(C(C)C)C(C(=O)Nc1c(C)cccc1Cl)c1c(C)cccc1C. The summed E-state index contributed by atoms with van der Waals surface area (Å²) in [5, 5.41) is 6.17. The Bertz CT molecular complexity index is 1140. The van der Waals surface area contributed by atoms with E-state index < -0.39 is 23.8 Å². The van der Waals surface area contributed by atoms with Crippen molar-refractivity contribution in [2.24, 2.45) is 0 Å². The molecule has 2 atom stereocenters. The van der Waals surface area contributed by atoms with E-state index in [9.17, 15) is 14.4 Å². The number of nitrogens with zero attached hydrogens (tertiary/aromatic N) is 1. The Balaban J connectivity index is 2.62. The van der Waals surface area contributed by atoms with Crippen LogP contribution in [0.2, 0.25) is 5.02 Å². The van der Waals surface area contributed by atoms with Crippen molar-refractivity contribution in [2.75, 3.05) is 17.3 Å². The quantitative estimate of drug-likeness (QED) is 0.324. The number of carbonyl (C=O) groups excluding carboxylic acids is 3. The number of para-hydroxylation sites is 1. The van der Waals surface area contributed by atoms with Gasteiger partial charge in [-0.15, -0.1) is 0 Å². The second-order valence-corrected chi connectivity index (χ2v) is 12.3. The first-order chi connectivity index (χ1) is 18.2. The molecule has 0 aliphatic heterocycles. The van der Waals surface area contributed by atoms with E-state index in [1.54, 1.807) is 43.5 Å². The van der Waals surface area contributed by atoms with Gasteiger partial charge in [0.25, 0.3) is 5.91 Å². The molecule has 7 nitrogen and oxygen atoms in total. The Kier molecular flexibility index (Phi) is 11.7. The van der Waals surface area contributed by atoms with Gasteiger partial charge in [0.2, 0.25) is 5.91 Å². The minimum atomic E-state index is -0.966. The summed E-state index contributed by atoms with van der Waals surface area (Å²) >= 11 is 8.02. The molecule has 9 heteroatoms. The standard InChI is InChI=1S/C30H42ClN3O4S/c1-18(2)34(28(36)23(16-17-39-9)32-29(37)38-30(6,7)8)26(24-19(3)12-10-13-20(24)4)27(35)33-25-21(5)14-11-15-22(25)31/h10-15,18,23,26H,16-17H2,1-9H3,(H,32,37)(H,33,35). The van der Waals surface area contributed by atoms with Crippen LogP contribution in [0.3, 0.4) is 0 Å². The van der Waals surface area contributed by atoms with Gasteiger partial charge >= 0.3 is 6.09 Å². The van der Waals surface area contributed by atoms with E-state index >= 15 is 0 Å². The number of rotatable bonds is 10. The van der Waals surface area contributed by atoms with Crippen LogP contribution < -0.4 is 10.6 Å². The molecule has 0 bridgehead atoms. The topological polar surface area (TPSA) is 87.7 Å². The molecule has 0 aromatic heterocycles. The molecule has 0 fully saturated rings. The van der Waals surface area contributed by atoms with Crippen LogP contribution in [0.4, 0.5) is 10.5 Å². The van der Waals surface area contributed by atoms with Crippen molar-refractivity contribution in [2.45, 2.75) is 85.5 Å². The van der Waals surface area contributed by atoms with Gasteiger partial charge in [-0.3, -0.25) is 9.59 Å². The van der Waals surface area contributed by atoms with Crippen molar-refractivity contribution in [3.05, 3.63) is 63.7 Å². The predicted molar refractivity (Wildman–Crippen MR) is 162 cm³/mol. The predicted octanol–water partition coefficient (Wildman–Crippen LogP) is 6.83. The van der Waals surface area contributed by atoms with Gasteiger partial charge in [-0.2, -0.15) is 11.8 Å². The number of alkyl carbamates (subject to hydrolysis) is 1. The summed E-state index contributed by atoms with van der Waals surface area (Å²) in [6.45, 7) is 14.8. The molecule has 0 saturated carbocycles. The number of aryl methyl sites for hydroxylation is 3. The maximum absolute atomic E-state index is 14.3. The average Bonchev–Trinajstić information content (AvgIpc) is 2.81. The van der Waals surface area contributed by atoms with Crippen LogP contribution in [0.5, 0.6) is 0 Å². The molecule has 0 saturated heterocycles. The van der Waals surface area contributed by atoms with Gasteiger partial charge in [-0.25, -0.2) is 4.79 Å². The number of hydrogen-bond donors (Lipinski definition) is 2. The summed E-state index contributed by atoms with van der Waals surface area (Å²) in [6, 6.07) is 8.97. The highest BCUT2D eigenvalue weighted by Gasteiger charge is 2.39. The summed E-state index contributed by atoms with van der Waals surface area (Å²) in [6.07, 6.45) is 1.65. The fraction of sp³-hybridized carbons (Fsp3) is 0.500. The Hall–Kier alpha value is -2.71. The fourth-order valence-electron chi connectivity index (χ4n) is 4.44. The number of thioether (sulfide) groups is 1. The van der Waals surface area contributed by atoms with E-state index in [1.807, 2.05) is 71.2 Å². The summed E-state index contributed by atoms with van der Waals surface area (Å²) < 4.78 is 5.45. The molecule has 3 amide bonds. The van der Waals surface area contributed by atoms with E-state index in [2.05, 4.69) is 10.6 Å². The highest BCUT2D eigenvalue weighted by molar-refractivity contribution is 7.98. The summed E-state index contributed by atoms with van der Waals surface area (Å²) in [5.41, 5.74) is 3.09. The lowest BCUT2D eigenvalue weighted by molar-refractivity contribution is -0.143. The molecule has 0 spiro atoms. The maximum Gasteiger partial charge on any atom is 0.408 e. The Morgan fingerprint density at radius 2 is 1.56 bits per heavy atom. The first-order valence-corrected chi connectivity index (χ1v) is 14.9. The third-order valence-electron chi connectivity index (χ3n) is 6.22. The van der Waals surface area contributed by atoms with Gasteiger partial charge < -0.3 is 20.3 Å². The number of benzene rings is 2. The zero-order valence-electron chi connectivity index (χ0n) is 24.5. The van der Waals surface area contributed by atoms with Crippen molar-refractivity contribution in [1.82, 2.24) is 10.2 Å². The Morgan fingerprint density at radius 1 is 1.00 bits per heavy atom. The van der Waals surface area contributed by atoms with Crippen LogP contribution in [0.1, 0.15) is 69.3 Å². The molecule has 0 aliphatic carbocycles. The summed E-state index contributed by atoms with van der Waals surface area (Å²) in [5.74, 6) is -0.104. The molecule has 0 heterocycles. The van der Waals surface area contributed by atoms with Crippen LogP contribution in [0.25, 0.3) is 0 Å². The molecular formula is C30H42ClN3O4S. The van der Waals surface area contributed by atoms with Crippen molar-refractivity contribution in [1.29, 1.82) is 0 Å². The fourth-order valence-corrected chi connectivity index (χ4v) is 5.18. The van der Waals surface area contributed by atoms with Gasteiger partial charge in [0.05, 0.1) is 10.7 Å². The minimum Gasteiger partial charge on any atom is -0.444 e. The Labute approximate surface area is 242 Å². The molecule has 0 aliphatic rings. The molecule has 214 valence electrons. The van der Waals surface area contributed by atoms with Crippen LogP contribution in [0, 0.1) is 20.8 Å². The number of anilines is 1. The van der Waals surface area contributed by atoms with Crippen LogP contribution in [0.15, 0.2) is 36.4 Å². The number of hydrogen-bond acceptors (Lipinski definition) is 5. The van der Waals surface area contributed by atoms with Crippen LogP contribution in [-0.4, -0.2) is 52.5 Å². The normalized spacial score (nSPS) is 13.0. The molecule has 2 aromatic rings. The number of carbonyl (C=O) groups is 3. The average molecular weight is 576 g/mol. The van der Waals surface area contributed by atoms with E-state index in [0.717, 1.165) is 22.3 Å². The molecule has 0 radical (unpaired) electrons. The number of amides is 3. The lowest BCUT2D eigenvalue weighted by Gasteiger charge is -2.38. The molecule has 2 unspecified atom stereocenters. The van der Waals surface area contributed by atoms with Gasteiger partial charge in [-0.1, -0.05) is 41.9 Å². The number of halogens is 1. The first-order valence-electron chi connectivity index (χ1n) is 13.1. The second kappa shape index (κ2) is 14.1. The maximum atomic E-state index is 14.3. The number of ether oxygens (including phenoxy) is 1. The highest BCUT2D eigenvalue weighted by atomic mass is 35.5. The summed E-state index contributed by atoms with van der Waals surface area (Å²) in [4.78, 5) is 42.7. The molecule has 2 N–H and O–H groups in total. The van der Waals surface area contributed by atoms with Gasteiger partial charge in [0, 0.05) is 6.04 Å². The van der Waals surface area contributed by atoms with Gasteiger partial charge in [-0.05, 0) is 102 Å². The number of nitrogens with one attached hydrogen (secondary N) is 2. The molecule has 2 aromatic carbocycles. The Morgan fingerprint density at radius 3 is 2.08 bits per heavy atom. The van der Waals surface area contributed by atoms with Crippen molar-refractivity contribution in [3.63, 3.8) is 0 Å². The zero-order valence-corrected chi connectivity index (χ0v) is 26.0. The van der Waals surface area contributed by atoms with E-state index in [0.29, 0.717) is 22.9 Å². The van der Waals surface area contributed by atoms with Crippen molar-refractivity contribution in [3.8, 4) is 0 Å². The smallest absolute Gasteiger partial charge is 0.408 e. The zero-order chi connectivity index (χ0) is 29.5. The highest BCUT2D eigenvalue weighted by Crippen LogP contribution is 2.33. The lowest BCUT2D eigenvalue weighted by atomic mass is 9.92. The second-order valence-electron chi connectivity index (χ2n) is 10.9. The third kappa shape index (κ3) is 8.90. The van der Waals surface area contributed by atoms with Crippen LogP contribution in [-0.2, 0) is 14.3 Å². The molecule has 2 rings (SSSR count). The molecule has 39 heavy (non-hydrogen) atoms. The largest absolute Gasteiger partial charge is 0.444 e.